The van der Waals surface area contributed by atoms with Gasteiger partial charge in [-0.3, -0.25) is 9.59 Å². The number of anilines is 2. The van der Waals surface area contributed by atoms with Crippen molar-refractivity contribution in [1.29, 1.82) is 0 Å². The van der Waals surface area contributed by atoms with E-state index in [1.54, 1.807) is 0 Å². The molecule has 2 aliphatic carbocycles. The number of benzene rings is 1. The molecule has 3 rings (SSSR count). The molecule has 4 nitrogen and oxygen atoms in total. The summed E-state index contributed by atoms with van der Waals surface area (Å²) in [6.45, 7) is 0. The maximum Gasteiger partial charge on any atom is 0.160 e. The molecule has 24 heavy (non-hydrogen) atoms. The number of ketones is 2. The third-order valence-corrected chi connectivity index (χ3v) is 4.60. The summed E-state index contributed by atoms with van der Waals surface area (Å²) in [5.74, 6) is 0.507. The number of allylic oxidation sites excluding steroid dienone is 2. The Morgan fingerprint density at radius 2 is 1.17 bits per heavy atom. The van der Waals surface area contributed by atoms with E-state index in [0.717, 1.165) is 61.0 Å². The highest BCUT2D eigenvalue weighted by molar-refractivity contribution is 5.96. The lowest BCUT2D eigenvalue weighted by atomic mass is 9.94. The van der Waals surface area contributed by atoms with E-state index in [-0.39, 0.29) is 11.6 Å². The minimum atomic E-state index is 0.253. The molecule has 2 N–H and O–H groups in total. The molecule has 2 aliphatic rings. The summed E-state index contributed by atoms with van der Waals surface area (Å²) in [4.78, 5) is 23.7. The summed E-state index contributed by atoms with van der Waals surface area (Å²) in [6.07, 6.45) is 10.9. The van der Waals surface area contributed by atoms with Crippen LogP contribution < -0.4 is 10.6 Å². The zero-order chi connectivity index (χ0) is 16.8. The lowest BCUT2D eigenvalue weighted by molar-refractivity contribution is -0.117. The molecule has 2 saturated carbocycles. The summed E-state index contributed by atoms with van der Waals surface area (Å²) < 4.78 is 0. The molecule has 0 amide bonds. The number of nitrogens with one attached hydrogen (secondary N) is 2. The Balaban J connectivity index is 1.63. The van der Waals surface area contributed by atoms with Crippen molar-refractivity contribution in [3.05, 3.63) is 47.8 Å². The Bertz CT molecular complexity index is 633. The van der Waals surface area contributed by atoms with E-state index in [4.69, 9.17) is 0 Å². The SMILES string of the molecule is O=C1CCCCC1=CNc1cccc(NC=C2CCCCC2=O)c1. The number of hydrogen-bond donors (Lipinski definition) is 2. The fourth-order valence-corrected chi connectivity index (χ4v) is 3.15. The van der Waals surface area contributed by atoms with Crippen molar-refractivity contribution < 1.29 is 9.59 Å². The molecule has 0 aliphatic heterocycles. The van der Waals surface area contributed by atoms with Gasteiger partial charge in [-0.15, -0.1) is 0 Å². The summed E-state index contributed by atoms with van der Waals surface area (Å²) in [7, 11) is 0. The second kappa shape index (κ2) is 7.95. The van der Waals surface area contributed by atoms with E-state index in [1.165, 1.54) is 0 Å². The molecule has 1 aromatic carbocycles. The minimum absolute atomic E-state index is 0.253. The van der Waals surface area contributed by atoms with E-state index < -0.39 is 0 Å². The molecule has 0 atom stereocenters. The Kier molecular flexibility index (Phi) is 5.47. The summed E-state index contributed by atoms with van der Waals surface area (Å²) in [5, 5.41) is 6.44. The first-order chi connectivity index (χ1) is 11.7. The first kappa shape index (κ1) is 16.5. The van der Waals surface area contributed by atoms with Crippen LogP contribution in [0, 0.1) is 0 Å². The topological polar surface area (TPSA) is 58.2 Å². The predicted octanol–water partition coefficient (Wildman–Crippen LogP) is 4.56. The van der Waals surface area contributed by atoms with Gasteiger partial charge in [0.15, 0.2) is 11.6 Å². The molecule has 126 valence electrons. The highest BCUT2D eigenvalue weighted by Gasteiger charge is 2.15. The monoisotopic (exact) mass is 324 g/mol. The Hall–Kier alpha value is -2.36. The van der Waals surface area contributed by atoms with Crippen molar-refractivity contribution in [2.45, 2.75) is 51.4 Å². The van der Waals surface area contributed by atoms with Crippen molar-refractivity contribution in [2.75, 3.05) is 10.6 Å². The summed E-state index contributed by atoms with van der Waals surface area (Å²) in [5.41, 5.74) is 3.63. The molecule has 0 radical (unpaired) electrons. The highest BCUT2D eigenvalue weighted by atomic mass is 16.1. The fraction of sp³-hybridized carbons (Fsp3) is 0.400. The van der Waals surface area contributed by atoms with E-state index in [0.29, 0.717) is 12.8 Å². The zero-order valence-electron chi connectivity index (χ0n) is 13.9. The van der Waals surface area contributed by atoms with Gasteiger partial charge in [-0.25, -0.2) is 0 Å². The summed E-state index contributed by atoms with van der Waals surface area (Å²) in [6, 6.07) is 7.87. The van der Waals surface area contributed by atoms with Crippen LogP contribution in [-0.4, -0.2) is 11.6 Å². The van der Waals surface area contributed by atoms with Gasteiger partial charge in [-0.2, -0.15) is 0 Å². The molecule has 0 saturated heterocycles. The third-order valence-electron chi connectivity index (χ3n) is 4.60. The van der Waals surface area contributed by atoms with Crippen LogP contribution >= 0.6 is 0 Å². The third kappa shape index (κ3) is 4.34. The lowest BCUT2D eigenvalue weighted by Gasteiger charge is -2.14. The normalized spacial score (nSPS) is 22.0. The second-order valence-electron chi connectivity index (χ2n) is 6.47. The van der Waals surface area contributed by atoms with E-state index >= 15 is 0 Å². The fourth-order valence-electron chi connectivity index (χ4n) is 3.15. The molecular weight excluding hydrogens is 300 g/mol. The maximum atomic E-state index is 11.8. The molecule has 1 aromatic rings. The van der Waals surface area contributed by atoms with Crippen LogP contribution in [0.5, 0.6) is 0 Å². The van der Waals surface area contributed by atoms with Gasteiger partial charge in [0, 0.05) is 47.8 Å². The van der Waals surface area contributed by atoms with Crippen molar-refractivity contribution in [3.8, 4) is 0 Å². The first-order valence-electron chi connectivity index (χ1n) is 8.80. The van der Waals surface area contributed by atoms with Crippen molar-refractivity contribution in [3.63, 3.8) is 0 Å². The van der Waals surface area contributed by atoms with E-state index in [2.05, 4.69) is 10.6 Å². The van der Waals surface area contributed by atoms with Crippen LogP contribution in [0.15, 0.2) is 47.8 Å². The van der Waals surface area contributed by atoms with Gasteiger partial charge < -0.3 is 10.6 Å². The number of Topliss-reactive ketones (excluding diaryl/α,β-unsaturated/α-hetero) is 2. The summed E-state index contributed by atoms with van der Waals surface area (Å²) >= 11 is 0. The molecule has 4 heteroatoms. The molecule has 0 spiro atoms. The zero-order valence-corrected chi connectivity index (χ0v) is 13.9. The van der Waals surface area contributed by atoms with Crippen LogP contribution in [-0.2, 0) is 9.59 Å². The van der Waals surface area contributed by atoms with Gasteiger partial charge in [0.25, 0.3) is 0 Å². The van der Waals surface area contributed by atoms with E-state index in [1.807, 2.05) is 36.7 Å². The highest BCUT2D eigenvalue weighted by Crippen LogP contribution is 2.22. The average molecular weight is 324 g/mol. The number of hydrogen-bond acceptors (Lipinski definition) is 4. The number of rotatable bonds is 4. The van der Waals surface area contributed by atoms with Crippen LogP contribution in [0.25, 0.3) is 0 Å². The molecule has 0 bridgehead atoms. The van der Waals surface area contributed by atoms with Gasteiger partial charge in [-0.05, 0) is 56.7 Å². The van der Waals surface area contributed by atoms with Gasteiger partial charge in [-0.1, -0.05) is 6.07 Å². The first-order valence-corrected chi connectivity index (χ1v) is 8.80. The van der Waals surface area contributed by atoms with Crippen LogP contribution in [0.4, 0.5) is 11.4 Å². The largest absolute Gasteiger partial charge is 0.361 e. The Labute approximate surface area is 143 Å². The Morgan fingerprint density at radius 3 is 1.62 bits per heavy atom. The van der Waals surface area contributed by atoms with Crippen LogP contribution in [0.2, 0.25) is 0 Å². The molecule has 0 heterocycles. The van der Waals surface area contributed by atoms with Crippen molar-refractivity contribution in [2.24, 2.45) is 0 Å². The maximum absolute atomic E-state index is 11.8. The molecular formula is C20H24N2O2. The number of carbonyl (C=O) groups excluding carboxylic acids is 2. The van der Waals surface area contributed by atoms with Crippen LogP contribution in [0.1, 0.15) is 51.4 Å². The minimum Gasteiger partial charge on any atom is -0.361 e. The van der Waals surface area contributed by atoms with Crippen LogP contribution in [0.3, 0.4) is 0 Å². The number of carbonyl (C=O) groups is 2. The predicted molar refractivity (Wildman–Crippen MR) is 96.8 cm³/mol. The molecule has 2 fully saturated rings. The average Bonchev–Trinajstić information content (AvgIpc) is 2.61. The standard InChI is InChI=1S/C20H24N2O2/c23-19-10-3-1-6-15(19)13-21-17-8-5-9-18(12-17)22-14-16-7-2-4-11-20(16)24/h5,8-9,12-14,21-22H,1-4,6-7,10-11H2. The molecule has 0 aromatic heterocycles. The quantitative estimate of drug-likeness (QED) is 0.797. The second-order valence-corrected chi connectivity index (χ2v) is 6.47. The Morgan fingerprint density at radius 1 is 0.708 bits per heavy atom. The molecule has 0 unspecified atom stereocenters. The van der Waals surface area contributed by atoms with Crippen molar-refractivity contribution in [1.82, 2.24) is 0 Å². The smallest absolute Gasteiger partial charge is 0.160 e. The van der Waals surface area contributed by atoms with Gasteiger partial charge in [0.2, 0.25) is 0 Å². The van der Waals surface area contributed by atoms with E-state index in [9.17, 15) is 9.59 Å². The van der Waals surface area contributed by atoms with Crippen molar-refractivity contribution >= 4 is 22.9 Å². The lowest BCUT2D eigenvalue weighted by Crippen LogP contribution is -2.10. The van der Waals surface area contributed by atoms with Gasteiger partial charge in [0.1, 0.15) is 0 Å². The van der Waals surface area contributed by atoms with Gasteiger partial charge in [0.05, 0.1) is 0 Å². The van der Waals surface area contributed by atoms with Gasteiger partial charge >= 0.3 is 0 Å².